The minimum atomic E-state index is -0.322. The van der Waals surface area contributed by atoms with Gasteiger partial charge in [0.05, 0.1) is 12.8 Å². The Bertz CT molecular complexity index is 978. The average Bonchev–Trinajstić information content (AvgIpc) is 3.41. The van der Waals surface area contributed by atoms with E-state index in [1.54, 1.807) is 48.3 Å². The zero-order valence-electron chi connectivity index (χ0n) is 12.7. The maximum atomic E-state index is 12.2. The first-order chi connectivity index (χ1) is 12.3. The molecular weight excluding hydrogens is 342 g/mol. The fraction of sp³-hybridized carbons (Fsp3) is 0.0625. The number of rotatable bonds is 5. The van der Waals surface area contributed by atoms with E-state index in [2.05, 4.69) is 25.4 Å². The smallest absolute Gasteiger partial charge is 0.271 e. The predicted molar refractivity (Wildman–Crippen MR) is 88.5 cm³/mol. The molecule has 0 aliphatic carbocycles. The van der Waals surface area contributed by atoms with Gasteiger partial charge in [0.1, 0.15) is 5.69 Å². The molecule has 0 aliphatic rings. The van der Waals surface area contributed by atoms with Gasteiger partial charge in [0.25, 0.3) is 5.91 Å². The third kappa shape index (κ3) is 3.31. The van der Waals surface area contributed by atoms with Gasteiger partial charge in [-0.1, -0.05) is 5.16 Å². The van der Waals surface area contributed by atoms with E-state index >= 15 is 0 Å². The zero-order chi connectivity index (χ0) is 17.1. The van der Waals surface area contributed by atoms with Crippen molar-refractivity contribution in [2.24, 2.45) is 0 Å². The molecule has 0 unspecified atom stereocenters. The summed E-state index contributed by atoms with van der Waals surface area (Å²) < 4.78 is 10.4. The normalized spacial score (nSPS) is 10.7. The molecule has 1 amide bonds. The largest absolute Gasteiger partial charge is 0.462 e. The van der Waals surface area contributed by atoms with Gasteiger partial charge in [-0.2, -0.15) is 4.98 Å². The first-order valence-corrected chi connectivity index (χ1v) is 8.18. The minimum Gasteiger partial charge on any atom is -0.462 e. The van der Waals surface area contributed by atoms with E-state index in [4.69, 9.17) is 8.94 Å². The molecule has 0 radical (unpaired) electrons. The molecule has 0 spiro atoms. The van der Waals surface area contributed by atoms with Crippen LogP contribution in [0, 0.1) is 0 Å². The van der Waals surface area contributed by atoms with Crippen LogP contribution in [0.1, 0.15) is 16.4 Å². The summed E-state index contributed by atoms with van der Waals surface area (Å²) in [7, 11) is 0. The van der Waals surface area contributed by atoms with Gasteiger partial charge >= 0.3 is 0 Å². The Hall–Kier alpha value is -3.33. The molecule has 0 aromatic carbocycles. The number of thiazole rings is 1. The minimum absolute atomic E-state index is 0.116. The van der Waals surface area contributed by atoms with Crippen LogP contribution in [0.15, 0.2) is 57.2 Å². The van der Waals surface area contributed by atoms with Crippen molar-refractivity contribution in [2.45, 2.75) is 6.54 Å². The van der Waals surface area contributed by atoms with Crippen molar-refractivity contribution >= 4 is 17.2 Å². The Morgan fingerprint density at radius 1 is 1.20 bits per heavy atom. The van der Waals surface area contributed by atoms with E-state index in [1.165, 1.54) is 11.3 Å². The molecule has 0 saturated heterocycles. The molecule has 124 valence electrons. The maximum Gasteiger partial charge on any atom is 0.271 e. The second-order valence-electron chi connectivity index (χ2n) is 4.95. The number of carbonyl (C=O) groups excluding carboxylic acids is 1. The van der Waals surface area contributed by atoms with Gasteiger partial charge in [0.2, 0.25) is 11.7 Å². The number of furan rings is 1. The van der Waals surface area contributed by atoms with Crippen LogP contribution < -0.4 is 5.32 Å². The molecule has 0 atom stereocenters. The molecule has 0 aliphatic heterocycles. The molecular formula is C16H11N5O3S. The monoisotopic (exact) mass is 353 g/mol. The highest BCUT2D eigenvalue weighted by Gasteiger charge is 2.15. The first-order valence-electron chi connectivity index (χ1n) is 7.30. The molecule has 0 bridgehead atoms. The quantitative estimate of drug-likeness (QED) is 0.588. The van der Waals surface area contributed by atoms with Crippen LogP contribution in [0.3, 0.4) is 0 Å². The number of nitrogens with one attached hydrogen (secondary N) is 1. The SMILES string of the molecule is O=C(NCc1nc(-c2ccncc2)no1)c1csc(-c2ccco2)n1. The number of aromatic nitrogens is 4. The van der Waals surface area contributed by atoms with Crippen LogP contribution in [0.2, 0.25) is 0 Å². The summed E-state index contributed by atoms with van der Waals surface area (Å²) in [5, 5.41) is 8.90. The van der Waals surface area contributed by atoms with Gasteiger partial charge in [-0.15, -0.1) is 11.3 Å². The van der Waals surface area contributed by atoms with E-state index in [1.807, 2.05) is 0 Å². The fourth-order valence-electron chi connectivity index (χ4n) is 2.08. The lowest BCUT2D eigenvalue weighted by molar-refractivity contribution is 0.0942. The summed E-state index contributed by atoms with van der Waals surface area (Å²) in [6, 6.07) is 7.11. The number of hydrogen-bond acceptors (Lipinski definition) is 8. The third-order valence-corrected chi connectivity index (χ3v) is 4.13. The van der Waals surface area contributed by atoms with Gasteiger partial charge < -0.3 is 14.3 Å². The van der Waals surface area contributed by atoms with Gasteiger partial charge in [-0.25, -0.2) is 4.98 Å². The summed E-state index contributed by atoms with van der Waals surface area (Å²) >= 11 is 1.34. The number of hydrogen-bond donors (Lipinski definition) is 1. The maximum absolute atomic E-state index is 12.2. The molecule has 0 saturated carbocycles. The van der Waals surface area contributed by atoms with E-state index < -0.39 is 0 Å². The number of amides is 1. The fourth-order valence-corrected chi connectivity index (χ4v) is 2.85. The molecule has 4 heterocycles. The Morgan fingerprint density at radius 3 is 2.88 bits per heavy atom. The van der Waals surface area contributed by atoms with Crippen molar-refractivity contribution in [3.63, 3.8) is 0 Å². The van der Waals surface area contributed by atoms with Crippen LogP contribution in [0.5, 0.6) is 0 Å². The van der Waals surface area contributed by atoms with Gasteiger partial charge in [-0.05, 0) is 24.3 Å². The number of carbonyl (C=O) groups is 1. The predicted octanol–water partition coefficient (Wildman–Crippen LogP) is 2.78. The van der Waals surface area contributed by atoms with Crippen molar-refractivity contribution in [3.05, 3.63) is 59.9 Å². The lowest BCUT2D eigenvalue weighted by Crippen LogP contribution is -2.23. The Kier molecular flexibility index (Phi) is 4.05. The highest BCUT2D eigenvalue weighted by Crippen LogP contribution is 2.23. The molecule has 1 N–H and O–H groups in total. The lowest BCUT2D eigenvalue weighted by Gasteiger charge is -1.98. The van der Waals surface area contributed by atoms with Crippen LogP contribution in [0.25, 0.3) is 22.2 Å². The van der Waals surface area contributed by atoms with Gasteiger partial charge in [-0.3, -0.25) is 9.78 Å². The average molecular weight is 353 g/mol. The third-order valence-electron chi connectivity index (χ3n) is 3.28. The standard InChI is InChI=1S/C16H11N5O3S/c22-15(11-9-25-16(19-11)12-2-1-7-23-12)18-8-13-20-14(21-24-13)10-3-5-17-6-4-10/h1-7,9H,8H2,(H,18,22). The topological polar surface area (TPSA) is 107 Å². The number of nitrogens with zero attached hydrogens (tertiary/aromatic N) is 4. The van der Waals surface area contributed by atoms with Crippen LogP contribution in [-0.2, 0) is 6.54 Å². The highest BCUT2D eigenvalue weighted by molar-refractivity contribution is 7.13. The molecule has 8 nitrogen and oxygen atoms in total. The second-order valence-corrected chi connectivity index (χ2v) is 5.80. The van der Waals surface area contributed by atoms with Crippen molar-refractivity contribution in [1.29, 1.82) is 0 Å². The van der Waals surface area contributed by atoms with Crippen molar-refractivity contribution in [2.75, 3.05) is 0 Å². The summed E-state index contributed by atoms with van der Waals surface area (Å²) in [4.78, 5) is 24.6. The van der Waals surface area contributed by atoms with E-state index in [0.29, 0.717) is 28.2 Å². The van der Waals surface area contributed by atoms with Crippen LogP contribution >= 0.6 is 11.3 Å². The van der Waals surface area contributed by atoms with E-state index in [-0.39, 0.29) is 12.5 Å². The van der Waals surface area contributed by atoms with Crippen LogP contribution in [0.4, 0.5) is 0 Å². The van der Waals surface area contributed by atoms with E-state index in [0.717, 1.165) is 5.56 Å². The molecule has 4 rings (SSSR count). The second kappa shape index (κ2) is 6.65. The summed E-state index contributed by atoms with van der Waals surface area (Å²) in [6.45, 7) is 0.116. The van der Waals surface area contributed by atoms with Crippen molar-refractivity contribution in [1.82, 2.24) is 25.4 Å². The first kappa shape index (κ1) is 15.2. The van der Waals surface area contributed by atoms with Crippen molar-refractivity contribution in [3.8, 4) is 22.2 Å². The summed E-state index contributed by atoms with van der Waals surface area (Å²) in [5.74, 6) is 1.06. The molecule has 4 aromatic heterocycles. The summed E-state index contributed by atoms with van der Waals surface area (Å²) in [6.07, 6.45) is 4.85. The number of pyridine rings is 1. The lowest BCUT2D eigenvalue weighted by atomic mass is 10.2. The van der Waals surface area contributed by atoms with Gasteiger partial charge in [0.15, 0.2) is 10.8 Å². The Morgan fingerprint density at radius 2 is 2.08 bits per heavy atom. The van der Waals surface area contributed by atoms with Crippen molar-refractivity contribution < 1.29 is 13.7 Å². The highest BCUT2D eigenvalue weighted by atomic mass is 32.1. The molecule has 9 heteroatoms. The Labute approximate surface area is 145 Å². The molecule has 25 heavy (non-hydrogen) atoms. The Balaban J connectivity index is 1.40. The van der Waals surface area contributed by atoms with Gasteiger partial charge in [0, 0.05) is 23.3 Å². The molecule has 4 aromatic rings. The van der Waals surface area contributed by atoms with E-state index in [9.17, 15) is 4.79 Å². The summed E-state index contributed by atoms with van der Waals surface area (Å²) in [5.41, 5.74) is 1.10. The van der Waals surface area contributed by atoms with Crippen LogP contribution in [-0.4, -0.2) is 26.0 Å². The zero-order valence-corrected chi connectivity index (χ0v) is 13.6. The molecule has 0 fully saturated rings.